The normalized spacial score (nSPS) is 15.3. The van der Waals surface area contributed by atoms with Gasteiger partial charge in [-0.05, 0) is 53.6 Å². The SMILES string of the molecule is C1=CC2=C(c3ccccc3)N=C(c3ccc(N(c4ccccc4)c4ccc(-c5ccccc5)cc4)c4c3oc3ccccc34)NC2C=C1. The van der Waals surface area contributed by atoms with Crippen LogP contribution < -0.4 is 10.2 Å². The van der Waals surface area contributed by atoms with Gasteiger partial charge in [-0.1, -0.05) is 133 Å². The molecule has 7 aromatic rings. The first-order valence-electron chi connectivity index (χ1n) is 16.3. The van der Waals surface area contributed by atoms with Crippen LogP contribution in [0.15, 0.2) is 191 Å². The number of hydrogen-bond donors (Lipinski definition) is 1. The number of allylic oxidation sites excluding steroid dienone is 2. The van der Waals surface area contributed by atoms with Crippen LogP contribution in [-0.2, 0) is 0 Å². The minimum absolute atomic E-state index is 0.000701. The van der Waals surface area contributed by atoms with Crippen molar-refractivity contribution in [3.05, 3.63) is 193 Å². The van der Waals surface area contributed by atoms with E-state index in [9.17, 15) is 0 Å². The first-order valence-corrected chi connectivity index (χ1v) is 16.3. The molecule has 228 valence electrons. The molecule has 1 aromatic heterocycles. The molecule has 0 saturated carbocycles. The van der Waals surface area contributed by atoms with Gasteiger partial charge in [-0.25, -0.2) is 4.99 Å². The molecule has 1 aliphatic heterocycles. The molecule has 6 aromatic carbocycles. The highest BCUT2D eigenvalue weighted by molar-refractivity contribution is 6.21. The maximum Gasteiger partial charge on any atom is 0.148 e. The minimum Gasteiger partial charge on any atom is -0.455 e. The Hall–Kier alpha value is -6.39. The summed E-state index contributed by atoms with van der Waals surface area (Å²) in [6.07, 6.45) is 8.51. The molecule has 9 rings (SSSR count). The second kappa shape index (κ2) is 11.8. The van der Waals surface area contributed by atoms with Gasteiger partial charge >= 0.3 is 0 Å². The Morgan fingerprint density at radius 2 is 1.23 bits per heavy atom. The Bertz CT molecular complexity index is 2400. The van der Waals surface area contributed by atoms with Crippen LogP contribution in [0.2, 0.25) is 0 Å². The summed E-state index contributed by atoms with van der Waals surface area (Å²) in [5, 5.41) is 5.82. The number of aliphatic imine (C=N–C) groups is 1. The lowest BCUT2D eigenvalue weighted by molar-refractivity contribution is 0.667. The third kappa shape index (κ3) is 4.83. The van der Waals surface area contributed by atoms with E-state index in [1.807, 2.05) is 24.3 Å². The van der Waals surface area contributed by atoms with Crippen molar-refractivity contribution >= 4 is 50.5 Å². The highest BCUT2D eigenvalue weighted by Gasteiger charge is 2.28. The first kappa shape index (κ1) is 27.9. The number of nitrogens with zero attached hydrogens (tertiary/aromatic N) is 2. The van der Waals surface area contributed by atoms with Crippen molar-refractivity contribution in [2.45, 2.75) is 6.04 Å². The average Bonchev–Trinajstić information content (AvgIpc) is 3.56. The number of hydrogen-bond acceptors (Lipinski definition) is 4. The molecule has 4 heteroatoms. The van der Waals surface area contributed by atoms with Crippen molar-refractivity contribution in [2.24, 2.45) is 4.99 Å². The van der Waals surface area contributed by atoms with E-state index in [0.29, 0.717) is 0 Å². The fraction of sp³-hybridized carbons (Fsp3) is 0.0227. The number of nitrogens with one attached hydrogen (secondary N) is 1. The number of furan rings is 1. The van der Waals surface area contributed by atoms with Gasteiger partial charge in [0.25, 0.3) is 0 Å². The first-order chi connectivity index (χ1) is 23.8. The number of para-hydroxylation sites is 2. The van der Waals surface area contributed by atoms with Crippen molar-refractivity contribution in [3.63, 3.8) is 0 Å². The van der Waals surface area contributed by atoms with E-state index in [-0.39, 0.29) is 6.04 Å². The Kier molecular flexibility index (Phi) is 6.83. The van der Waals surface area contributed by atoms with Crippen molar-refractivity contribution in [1.29, 1.82) is 0 Å². The van der Waals surface area contributed by atoms with E-state index in [1.165, 1.54) is 11.1 Å². The van der Waals surface area contributed by atoms with Crippen LogP contribution in [0.5, 0.6) is 0 Å². The summed E-state index contributed by atoms with van der Waals surface area (Å²) < 4.78 is 6.76. The number of amidine groups is 1. The molecule has 2 heterocycles. The maximum absolute atomic E-state index is 6.76. The molecule has 4 nitrogen and oxygen atoms in total. The molecule has 0 amide bonds. The number of anilines is 3. The Morgan fingerprint density at radius 1 is 0.583 bits per heavy atom. The number of fused-ring (bicyclic) bond motifs is 4. The van der Waals surface area contributed by atoms with Gasteiger partial charge < -0.3 is 14.6 Å². The van der Waals surface area contributed by atoms with Crippen molar-refractivity contribution < 1.29 is 4.42 Å². The lowest BCUT2D eigenvalue weighted by Gasteiger charge is -2.29. The lowest BCUT2D eigenvalue weighted by Crippen LogP contribution is -2.39. The van der Waals surface area contributed by atoms with E-state index in [2.05, 4.69) is 162 Å². The molecule has 0 saturated heterocycles. The number of benzene rings is 6. The van der Waals surface area contributed by atoms with Gasteiger partial charge in [0.15, 0.2) is 0 Å². The molecular weight excluding hydrogens is 587 g/mol. The summed E-state index contributed by atoms with van der Waals surface area (Å²) in [6.45, 7) is 0. The third-order valence-corrected chi connectivity index (χ3v) is 9.11. The van der Waals surface area contributed by atoms with Crippen LogP contribution in [0.25, 0.3) is 38.8 Å². The molecule has 1 atom stereocenters. The van der Waals surface area contributed by atoms with Gasteiger partial charge in [0.1, 0.15) is 17.0 Å². The molecule has 2 aliphatic rings. The van der Waals surface area contributed by atoms with Crippen LogP contribution in [0.3, 0.4) is 0 Å². The van der Waals surface area contributed by atoms with Gasteiger partial charge in [0.2, 0.25) is 0 Å². The van der Waals surface area contributed by atoms with Gasteiger partial charge in [0.05, 0.1) is 28.4 Å². The molecule has 0 fully saturated rings. The standard InChI is InChI=1S/C44H31N3O/c1-4-14-30(15-5-1)31-24-26-34(27-25-31)47(33-18-8-3-9-19-33)39-29-28-37(43-41(39)36-21-11-13-23-40(36)48-43)44-45-38-22-12-10-20-35(38)42(46-44)32-16-6-2-7-17-32/h1-29,38H,(H,45,46). The second-order valence-corrected chi connectivity index (χ2v) is 12.0. The molecule has 1 N–H and O–H groups in total. The molecule has 1 aliphatic carbocycles. The second-order valence-electron chi connectivity index (χ2n) is 12.0. The Morgan fingerprint density at radius 3 is 2.00 bits per heavy atom. The van der Waals surface area contributed by atoms with E-state index < -0.39 is 0 Å². The summed E-state index contributed by atoms with van der Waals surface area (Å²) in [6, 6.07) is 52.9. The van der Waals surface area contributed by atoms with Crippen LogP contribution in [0.1, 0.15) is 11.1 Å². The van der Waals surface area contributed by atoms with Crippen molar-refractivity contribution in [1.82, 2.24) is 5.32 Å². The van der Waals surface area contributed by atoms with Gasteiger partial charge in [-0.3, -0.25) is 0 Å². The third-order valence-electron chi connectivity index (χ3n) is 9.11. The average molecular weight is 618 g/mol. The molecule has 0 bridgehead atoms. The van der Waals surface area contributed by atoms with Crippen LogP contribution in [-0.4, -0.2) is 11.9 Å². The molecule has 1 unspecified atom stereocenters. The molecule has 0 radical (unpaired) electrons. The highest BCUT2D eigenvalue weighted by Crippen LogP contribution is 2.44. The predicted octanol–water partition coefficient (Wildman–Crippen LogP) is 11.0. The lowest BCUT2D eigenvalue weighted by atomic mass is 9.94. The van der Waals surface area contributed by atoms with Gasteiger partial charge in [0, 0.05) is 27.9 Å². The fourth-order valence-electron chi connectivity index (χ4n) is 6.84. The zero-order valence-corrected chi connectivity index (χ0v) is 26.1. The maximum atomic E-state index is 6.76. The zero-order chi connectivity index (χ0) is 31.9. The van der Waals surface area contributed by atoms with Crippen LogP contribution in [0, 0.1) is 0 Å². The van der Waals surface area contributed by atoms with Crippen LogP contribution >= 0.6 is 0 Å². The van der Waals surface area contributed by atoms with Crippen molar-refractivity contribution in [3.8, 4) is 11.1 Å². The zero-order valence-electron chi connectivity index (χ0n) is 26.1. The quantitative estimate of drug-likeness (QED) is 0.202. The highest BCUT2D eigenvalue weighted by atomic mass is 16.3. The summed E-state index contributed by atoms with van der Waals surface area (Å²) in [7, 11) is 0. The Balaban J connectivity index is 1.25. The smallest absolute Gasteiger partial charge is 0.148 e. The van der Waals surface area contributed by atoms with E-state index in [0.717, 1.165) is 67.2 Å². The fourth-order valence-corrected chi connectivity index (χ4v) is 6.84. The Labute approximate surface area is 279 Å². The summed E-state index contributed by atoms with van der Waals surface area (Å²) in [4.78, 5) is 7.60. The predicted molar refractivity (Wildman–Crippen MR) is 199 cm³/mol. The summed E-state index contributed by atoms with van der Waals surface area (Å²) in [5.74, 6) is 0.789. The molecule has 48 heavy (non-hydrogen) atoms. The molecular formula is C44H31N3O. The van der Waals surface area contributed by atoms with E-state index >= 15 is 0 Å². The van der Waals surface area contributed by atoms with Gasteiger partial charge in [-0.2, -0.15) is 0 Å². The minimum atomic E-state index is 0.000701. The largest absolute Gasteiger partial charge is 0.455 e. The van der Waals surface area contributed by atoms with Crippen LogP contribution in [0.4, 0.5) is 17.1 Å². The van der Waals surface area contributed by atoms with E-state index in [1.54, 1.807) is 0 Å². The molecule has 0 spiro atoms. The van der Waals surface area contributed by atoms with E-state index in [4.69, 9.17) is 9.41 Å². The monoisotopic (exact) mass is 617 g/mol. The van der Waals surface area contributed by atoms with Gasteiger partial charge in [-0.15, -0.1) is 0 Å². The topological polar surface area (TPSA) is 40.8 Å². The number of rotatable bonds is 6. The van der Waals surface area contributed by atoms with Crippen molar-refractivity contribution in [2.75, 3.05) is 4.90 Å². The summed E-state index contributed by atoms with van der Waals surface area (Å²) in [5.41, 5.74) is 11.3. The summed E-state index contributed by atoms with van der Waals surface area (Å²) >= 11 is 0.